The molecule has 3 nitrogen and oxygen atoms in total. The molecule has 0 amide bonds. The van der Waals surface area contributed by atoms with Crippen LogP contribution >= 0.6 is 0 Å². The van der Waals surface area contributed by atoms with Gasteiger partial charge in [-0.3, -0.25) is 4.90 Å². The number of hydrogen-bond acceptors (Lipinski definition) is 3. The molecule has 2 aromatic rings. The van der Waals surface area contributed by atoms with Crippen molar-refractivity contribution in [3.63, 3.8) is 0 Å². The van der Waals surface area contributed by atoms with Gasteiger partial charge in [0.2, 0.25) is 0 Å². The molecule has 0 radical (unpaired) electrons. The number of aliphatic hydroxyl groups is 1. The van der Waals surface area contributed by atoms with Gasteiger partial charge in [0.1, 0.15) is 18.5 Å². The first-order valence-electron chi connectivity index (χ1n) is 6.82. The minimum Gasteiger partial charge on any atom is -0.491 e. The zero-order valence-corrected chi connectivity index (χ0v) is 11.8. The molecule has 0 aromatic heterocycles. The summed E-state index contributed by atoms with van der Waals surface area (Å²) < 4.78 is 5.54. The second kappa shape index (κ2) is 7.68. The standard InChI is InChI=1S/C17H21NO2/c1-18(12-15-8-4-2-5-9-15)13-16(19)14-20-17-10-6-3-7-11-17/h2-11,16,19H,12-14H2,1H3. The van der Waals surface area contributed by atoms with E-state index in [-0.39, 0.29) is 0 Å². The Morgan fingerprint density at radius 3 is 2.25 bits per heavy atom. The Morgan fingerprint density at radius 2 is 1.60 bits per heavy atom. The van der Waals surface area contributed by atoms with E-state index < -0.39 is 6.10 Å². The highest BCUT2D eigenvalue weighted by Crippen LogP contribution is 2.09. The van der Waals surface area contributed by atoms with Gasteiger partial charge in [-0.05, 0) is 24.7 Å². The van der Waals surface area contributed by atoms with Gasteiger partial charge in [-0.2, -0.15) is 0 Å². The fourth-order valence-corrected chi connectivity index (χ4v) is 2.08. The molecule has 0 saturated heterocycles. The molecule has 0 aliphatic heterocycles. The molecule has 3 heteroatoms. The quantitative estimate of drug-likeness (QED) is 0.840. The van der Waals surface area contributed by atoms with Gasteiger partial charge in [0.05, 0.1) is 0 Å². The monoisotopic (exact) mass is 271 g/mol. The van der Waals surface area contributed by atoms with Crippen molar-refractivity contribution in [2.45, 2.75) is 12.6 Å². The first kappa shape index (κ1) is 14.6. The maximum Gasteiger partial charge on any atom is 0.119 e. The molecule has 0 heterocycles. The van der Waals surface area contributed by atoms with Crippen LogP contribution in [-0.4, -0.2) is 36.3 Å². The predicted octanol–water partition coefficient (Wildman–Crippen LogP) is 2.56. The molecule has 2 aromatic carbocycles. The summed E-state index contributed by atoms with van der Waals surface area (Å²) in [6, 6.07) is 19.8. The van der Waals surface area contributed by atoms with E-state index in [1.165, 1.54) is 5.56 Å². The Hall–Kier alpha value is -1.84. The molecule has 0 fully saturated rings. The molecule has 0 bridgehead atoms. The SMILES string of the molecule is CN(Cc1ccccc1)CC(O)COc1ccccc1. The summed E-state index contributed by atoms with van der Waals surface area (Å²) in [5.41, 5.74) is 1.24. The van der Waals surface area contributed by atoms with Crippen LogP contribution in [0.5, 0.6) is 5.75 Å². The third-order valence-corrected chi connectivity index (χ3v) is 3.00. The Morgan fingerprint density at radius 1 is 1.00 bits per heavy atom. The van der Waals surface area contributed by atoms with Crippen molar-refractivity contribution < 1.29 is 9.84 Å². The summed E-state index contributed by atoms with van der Waals surface area (Å²) in [7, 11) is 2.00. The van der Waals surface area contributed by atoms with Crippen LogP contribution in [0, 0.1) is 0 Å². The van der Waals surface area contributed by atoms with Crippen molar-refractivity contribution in [1.29, 1.82) is 0 Å². The number of para-hydroxylation sites is 1. The summed E-state index contributed by atoms with van der Waals surface area (Å²) >= 11 is 0. The molecular weight excluding hydrogens is 250 g/mol. The number of benzene rings is 2. The molecule has 1 unspecified atom stereocenters. The molecule has 0 aliphatic rings. The highest BCUT2D eigenvalue weighted by molar-refractivity contribution is 5.20. The average molecular weight is 271 g/mol. The topological polar surface area (TPSA) is 32.7 Å². The van der Waals surface area contributed by atoms with Crippen molar-refractivity contribution >= 4 is 0 Å². The molecule has 1 atom stereocenters. The van der Waals surface area contributed by atoms with Crippen molar-refractivity contribution in [1.82, 2.24) is 4.90 Å². The Balaban J connectivity index is 1.72. The minimum absolute atomic E-state index is 0.309. The van der Waals surface area contributed by atoms with E-state index >= 15 is 0 Å². The van der Waals surface area contributed by atoms with Gasteiger partial charge in [-0.1, -0.05) is 48.5 Å². The number of likely N-dealkylation sites (N-methyl/N-ethyl adjacent to an activating group) is 1. The summed E-state index contributed by atoms with van der Waals surface area (Å²) in [6.45, 7) is 1.72. The second-order valence-electron chi connectivity index (χ2n) is 4.96. The molecule has 20 heavy (non-hydrogen) atoms. The third kappa shape index (κ3) is 5.03. The van der Waals surface area contributed by atoms with Gasteiger partial charge < -0.3 is 9.84 Å². The van der Waals surface area contributed by atoms with Crippen LogP contribution in [0.2, 0.25) is 0 Å². The molecule has 106 valence electrons. The van der Waals surface area contributed by atoms with Crippen LogP contribution in [0.25, 0.3) is 0 Å². The third-order valence-electron chi connectivity index (χ3n) is 3.00. The lowest BCUT2D eigenvalue weighted by atomic mass is 10.2. The first-order chi connectivity index (χ1) is 9.74. The van der Waals surface area contributed by atoms with E-state index in [1.807, 2.05) is 55.6 Å². The van der Waals surface area contributed by atoms with Crippen molar-refractivity contribution in [2.24, 2.45) is 0 Å². The number of ether oxygens (including phenoxy) is 1. The Bertz CT molecular complexity index is 487. The van der Waals surface area contributed by atoms with E-state index in [9.17, 15) is 5.11 Å². The summed E-state index contributed by atoms with van der Waals surface area (Å²) in [4.78, 5) is 2.09. The minimum atomic E-state index is -0.496. The van der Waals surface area contributed by atoms with Crippen LogP contribution < -0.4 is 4.74 Å². The maximum atomic E-state index is 9.99. The molecule has 1 N–H and O–H groups in total. The van der Waals surface area contributed by atoms with E-state index in [0.29, 0.717) is 13.2 Å². The lowest BCUT2D eigenvalue weighted by Crippen LogP contribution is -2.32. The predicted molar refractivity (Wildman–Crippen MR) is 80.7 cm³/mol. The van der Waals surface area contributed by atoms with Crippen LogP contribution in [0.15, 0.2) is 60.7 Å². The summed E-state index contributed by atoms with van der Waals surface area (Å²) in [5, 5.41) is 9.99. The van der Waals surface area contributed by atoms with Crippen molar-refractivity contribution in [2.75, 3.05) is 20.2 Å². The molecule has 0 aliphatic carbocycles. The van der Waals surface area contributed by atoms with Gasteiger partial charge >= 0.3 is 0 Å². The van der Waals surface area contributed by atoms with Gasteiger partial charge in [-0.25, -0.2) is 0 Å². The average Bonchev–Trinajstić information content (AvgIpc) is 2.47. The van der Waals surface area contributed by atoms with E-state index in [4.69, 9.17) is 4.74 Å². The first-order valence-corrected chi connectivity index (χ1v) is 6.82. The fraction of sp³-hybridized carbons (Fsp3) is 0.294. The number of rotatable bonds is 7. The number of nitrogens with zero attached hydrogens (tertiary/aromatic N) is 1. The summed E-state index contributed by atoms with van der Waals surface area (Å²) in [6.07, 6.45) is -0.496. The molecular formula is C17H21NO2. The zero-order valence-electron chi connectivity index (χ0n) is 11.8. The largest absolute Gasteiger partial charge is 0.491 e. The van der Waals surface area contributed by atoms with Crippen LogP contribution in [0.4, 0.5) is 0 Å². The van der Waals surface area contributed by atoms with Crippen LogP contribution in [0.3, 0.4) is 0 Å². The second-order valence-corrected chi connectivity index (χ2v) is 4.96. The van der Waals surface area contributed by atoms with Gasteiger partial charge in [-0.15, -0.1) is 0 Å². The van der Waals surface area contributed by atoms with Crippen molar-refractivity contribution in [3.8, 4) is 5.75 Å². The zero-order chi connectivity index (χ0) is 14.2. The lowest BCUT2D eigenvalue weighted by molar-refractivity contribution is 0.0744. The smallest absolute Gasteiger partial charge is 0.119 e. The number of hydrogen-bond donors (Lipinski definition) is 1. The molecule has 0 spiro atoms. The van der Waals surface area contributed by atoms with E-state index in [1.54, 1.807) is 0 Å². The van der Waals surface area contributed by atoms with E-state index in [0.717, 1.165) is 12.3 Å². The van der Waals surface area contributed by atoms with Crippen molar-refractivity contribution in [3.05, 3.63) is 66.2 Å². The molecule has 0 saturated carbocycles. The van der Waals surface area contributed by atoms with Gasteiger partial charge in [0.25, 0.3) is 0 Å². The highest BCUT2D eigenvalue weighted by Gasteiger charge is 2.09. The Kier molecular flexibility index (Phi) is 5.59. The highest BCUT2D eigenvalue weighted by atomic mass is 16.5. The van der Waals surface area contributed by atoms with Gasteiger partial charge in [0, 0.05) is 13.1 Å². The molecule has 2 rings (SSSR count). The lowest BCUT2D eigenvalue weighted by Gasteiger charge is -2.20. The Labute approximate surface area is 120 Å². The summed E-state index contributed by atoms with van der Waals surface area (Å²) in [5.74, 6) is 0.789. The normalized spacial score (nSPS) is 12.3. The van der Waals surface area contributed by atoms with Crippen LogP contribution in [-0.2, 0) is 6.54 Å². The number of aliphatic hydroxyl groups excluding tert-OH is 1. The van der Waals surface area contributed by atoms with Gasteiger partial charge in [0.15, 0.2) is 0 Å². The van der Waals surface area contributed by atoms with E-state index in [2.05, 4.69) is 17.0 Å². The van der Waals surface area contributed by atoms with Crippen LogP contribution in [0.1, 0.15) is 5.56 Å². The fourth-order valence-electron chi connectivity index (χ4n) is 2.08. The maximum absolute atomic E-state index is 9.99.